The molecule has 1 aromatic heterocycles. The lowest BCUT2D eigenvalue weighted by Crippen LogP contribution is -2.36. The van der Waals surface area contributed by atoms with Crippen LogP contribution in [0.25, 0.3) is 5.57 Å². The van der Waals surface area contributed by atoms with Gasteiger partial charge in [-0.1, -0.05) is 24.3 Å². The average molecular weight is 456 g/mol. The molecule has 0 saturated heterocycles. The molecule has 0 radical (unpaired) electrons. The molecule has 3 aromatic rings. The minimum Gasteiger partial charge on any atom is -0.494 e. The Morgan fingerprint density at radius 1 is 0.941 bits per heavy atom. The molecule has 0 aliphatic carbocycles. The Bertz CT molecular complexity index is 1200. The molecule has 34 heavy (non-hydrogen) atoms. The summed E-state index contributed by atoms with van der Waals surface area (Å²) in [5.41, 5.74) is 4.26. The summed E-state index contributed by atoms with van der Waals surface area (Å²) in [6, 6.07) is 18.8. The number of imide groups is 1. The Morgan fingerprint density at radius 3 is 2.32 bits per heavy atom. The summed E-state index contributed by atoms with van der Waals surface area (Å²) in [6.45, 7) is 7.64. The molecule has 0 fully saturated rings. The van der Waals surface area contributed by atoms with E-state index in [2.05, 4.69) is 4.98 Å². The number of aryl methyl sites for hydroxylation is 1. The molecule has 1 aliphatic rings. The number of hydrogen-bond donors (Lipinski definition) is 0. The van der Waals surface area contributed by atoms with Gasteiger partial charge in [-0.2, -0.15) is 0 Å². The fourth-order valence-electron chi connectivity index (χ4n) is 4.20. The number of aromatic nitrogens is 1. The minimum atomic E-state index is -0.308. The van der Waals surface area contributed by atoms with Crippen molar-refractivity contribution in [3.8, 4) is 5.75 Å². The molecule has 0 atom stereocenters. The summed E-state index contributed by atoms with van der Waals surface area (Å²) in [6.07, 6.45) is 4.27. The third-order valence-electron chi connectivity index (χ3n) is 5.89. The van der Waals surface area contributed by atoms with Crippen molar-refractivity contribution in [2.24, 2.45) is 0 Å². The van der Waals surface area contributed by atoms with E-state index < -0.39 is 0 Å². The Kier molecular flexibility index (Phi) is 7.07. The van der Waals surface area contributed by atoms with Crippen molar-refractivity contribution >= 4 is 23.1 Å². The molecule has 0 spiro atoms. The molecule has 0 bridgehead atoms. The van der Waals surface area contributed by atoms with Crippen LogP contribution >= 0.6 is 0 Å². The molecular weight excluding hydrogens is 426 g/mol. The Labute approximate surface area is 200 Å². The fraction of sp³-hybridized carbons (Fsp3) is 0.250. The highest BCUT2D eigenvalue weighted by atomic mass is 16.5. The number of amides is 2. The molecule has 0 saturated carbocycles. The fourth-order valence-corrected chi connectivity index (χ4v) is 4.20. The van der Waals surface area contributed by atoms with Gasteiger partial charge in [0, 0.05) is 25.5 Å². The quantitative estimate of drug-likeness (QED) is 0.440. The van der Waals surface area contributed by atoms with Gasteiger partial charge < -0.3 is 9.64 Å². The number of likely N-dealkylation sites (N-methyl/N-ethyl adjacent to an activating group) is 1. The first kappa shape index (κ1) is 23.2. The topological polar surface area (TPSA) is 62.7 Å². The highest BCUT2D eigenvalue weighted by Gasteiger charge is 2.42. The van der Waals surface area contributed by atoms with Crippen LogP contribution in [0.2, 0.25) is 0 Å². The zero-order valence-electron chi connectivity index (χ0n) is 19.8. The first-order chi connectivity index (χ1) is 16.5. The second-order valence-electron chi connectivity index (χ2n) is 8.15. The Balaban J connectivity index is 1.75. The second-order valence-corrected chi connectivity index (χ2v) is 8.15. The number of anilines is 1. The van der Waals surface area contributed by atoms with Gasteiger partial charge in [-0.05, 0) is 80.3 Å². The predicted molar refractivity (Wildman–Crippen MR) is 133 cm³/mol. The van der Waals surface area contributed by atoms with Crippen molar-refractivity contribution in [1.82, 2.24) is 9.88 Å². The van der Waals surface area contributed by atoms with Crippen LogP contribution in [0.1, 0.15) is 30.5 Å². The van der Waals surface area contributed by atoms with Crippen molar-refractivity contribution in [1.29, 1.82) is 0 Å². The predicted octanol–water partition coefficient (Wildman–Crippen LogP) is 4.64. The molecule has 6 nitrogen and oxygen atoms in total. The third-order valence-corrected chi connectivity index (χ3v) is 5.89. The summed E-state index contributed by atoms with van der Waals surface area (Å²) in [5.74, 6) is 0.124. The molecule has 1 aliphatic heterocycles. The van der Waals surface area contributed by atoms with Crippen LogP contribution in [-0.2, 0) is 16.0 Å². The lowest BCUT2D eigenvalue weighted by molar-refractivity contribution is -0.120. The molecule has 6 heteroatoms. The van der Waals surface area contributed by atoms with Gasteiger partial charge in [-0.3, -0.25) is 14.6 Å². The standard InChI is InChI=1S/C28H29N3O3/c1-4-30(18-15-21-13-16-29-17-14-21)26-25(22-9-11-24(12-10-22)34-5-2)27(32)31(28(26)33)23-8-6-7-20(3)19-23/h6-14,16-17,19H,4-5,15,18H2,1-3H3. The van der Waals surface area contributed by atoms with E-state index in [1.54, 1.807) is 18.5 Å². The Morgan fingerprint density at radius 2 is 1.68 bits per heavy atom. The van der Waals surface area contributed by atoms with Crippen LogP contribution < -0.4 is 9.64 Å². The maximum atomic E-state index is 13.8. The van der Waals surface area contributed by atoms with Gasteiger partial charge in [0.05, 0.1) is 17.9 Å². The van der Waals surface area contributed by atoms with Crippen LogP contribution in [0, 0.1) is 6.92 Å². The van der Waals surface area contributed by atoms with Gasteiger partial charge in [0.25, 0.3) is 11.8 Å². The van der Waals surface area contributed by atoms with E-state index in [-0.39, 0.29) is 11.8 Å². The summed E-state index contributed by atoms with van der Waals surface area (Å²) in [5, 5.41) is 0. The number of nitrogens with zero attached hydrogens (tertiary/aromatic N) is 3. The van der Waals surface area contributed by atoms with E-state index >= 15 is 0 Å². The number of pyridine rings is 1. The van der Waals surface area contributed by atoms with Crippen molar-refractivity contribution < 1.29 is 14.3 Å². The monoisotopic (exact) mass is 455 g/mol. The van der Waals surface area contributed by atoms with Gasteiger partial charge in [0.2, 0.25) is 0 Å². The van der Waals surface area contributed by atoms with Gasteiger partial charge in [-0.25, -0.2) is 4.90 Å². The first-order valence-electron chi connectivity index (χ1n) is 11.6. The van der Waals surface area contributed by atoms with Crippen LogP contribution in [0.4, 0.5) is 5.69 Å². The zero-order valence-corrected chi connectivity index (χ0v) is 19.8. The lowest BCUT2D eigenvalue weighted by Gasteiger charge is -2.25. The smallest absolute Gasteiger partial charge is 0.282 e. The molecular formula is C28H29N3O3. The number of rotatable bonds is 9. The summed E-state index contributed by atoms with van der Waals surface area (Å²) in [4.78, 5) is 34.9. The molecule has 0 N–H and O–H groups in total. The average Bonchev–Trinajstić information content (AvgIpc) is 3.11. The summed E-state index contributed by atoms with van der Waals surface area (Å²) < 4.78 is 5.56. The highest BCUT2D eigenvalue weighted by Crippen LogP contribution is 2.35. The Hall–Kier alpha value is -3.93. The van der Waals surface area contributed by atoms with Gasteiger partial charge in [0.1, 0.15) is 11.4 Å². The van der Waals surface area contributed by atoms with E-state index in [0.717, 1.165) is 23.3 Å². The number of benzene rings is 2. The summed E-state index contributed by atoms with van der Waals surface area (Å²) >= 11 is 0. The molecule has 174 valence electrons. The first-order valence-corrected chi connectivity index (χ1v) is 11.6. The van der Waals surface area contributed by atoms with Crippen LogP contribution in [0.3, 0.4) is 0 Å². The van der Waals surface area contributed by atoms with E-state index in [9.17, 15) is 9.59 Å². The lowest BCUT2D eigenvalue weighted by atomic mass is 10.0. The van der Waals surface area contributed by atoms with Gasteiger partial charge in [-0.15, -0.1) is 0 Å². The molecule has 2 aromatic carbocycles. The summed E-state index contributed by atoms with van der Waals surface area (Å²) in [7, 11) is 0. The molecule has 4 rings (SSSR count). The van der Waals surface area contributed by atoms with Crippen molar-refractivity contribution in [2.45, 2.75) is 27.2 Å². The zero-order chi connectivity index (χ0) is 24.1. The maximum absolute atomic E-state index is 13.8. The van der Waals surface area contributed by atoms with E-state index in [1.165, 1.54) is 4.90 Å². The molecule has 2 heterocycles. The molecule has 0 unspecified atom stereocenters. The number of carbonyl (C=O) groups excluding carboxylic acids is 2. The van der Waals surface area contributed by atoms with Crippen LogP contribution in [-0.4, -0.2) is 41.4 Å². The van der Waals surface area contributed by atoms with Crippen LogP contribution in [0.15, 0.2) is 78.8 Å². The maximum Gasteiger partial charge on any atom is 0.282 e. The van der Waals surface area contributed by atoms with Crippen molar-refractivity contribution in [2.75, 3.05) is 24.6 Å². The highest BCUT2D eigenvalue weighted by molar-refractivity contribution is 6.45. The van der Waals surface area contributed by atoms with Crippen molar-refractivity contribution in [3.05, 3.63) is 95.4 Å². The number of carbonyl (C=O) groups is 2. The van der Waals surface area contributed by atoms with E-state index in [1.807, 2.05) is 80.3 Å². The normalized spacial score (nSPS) is 13.6. The largest absolute Gasteiger partial charge is 0.494 e. The number of ether oxygens (including phenoxy) is 1. The van der Waals surface area contributed by atoms with Crippen LogP contribution in [0.5, 0.6) is 5.75 Å². The van der Waals surface area contributed by atoms with Crippen molar-refractivity contribution in [3.63, 3.8) is 0 Å². The van der Waals surface area contributed by atoms with Gasteiger partial charge >= 0.3 is 0 Å². The number of hydrogen-bond acceptors (Lipinski definition) is 5. The second kappa shape index (κ2) is 10.3. The van der Waals surface area contributed by atoms with E-state index in [4.69, 9.17) is 4.74 Å². The third kappa shape index (κ3) is 4.71. The SMILES string of the molecule is CCOc1ccc(C2=C(N(CC)CCc3ccncc3)C(=O)N(c3cccc(C)c3)C2=O)cc1. The minimum absolute atomic E-state index is 0.295. The van der Waals surface area contributed by atoms with Gasteiger partial charge in [0.15, 0.2) is 0 Å². The molecule has 2 amide bonds. The van der Waals surface area contributed by atoms with E-state index in [0.29, 0.717) is 42.2 Å².